The van der Waals surface area contributed by atoms with E-state index in [9.17, 15) is 14.3 Å². The lowest BCUT2D eigenvalue weighted by Gasteiger charge is -2.05. The summed E-state index contributed by atoms with van der Waals surface area (Å²) in [6.45, 7) is 0. The van der Waals surface area contributed by atoms with Gasteiger partial charge in [0.1, 0.15) is 28.8 Å². The second-order valence-electron chi connectivity index (χ2n) is 3.76. The van der Waals surface area contributed by atoms with E-state index in [1.807, 2.05) is 6.07 Å². The maximum Gasteiger partial charge on any atom is 0.263 e. The third-order valence-corrected chi connectivity index (χ3v) is 2.40. The topological polar surface area (TPSA) is 90.9 Å². The number of hydrogen-bond donors (Lipinski definition) is 2. The highest BCUT2D eigenvalue weighted by atomic mass is 19.1. The Labute approximate surface area is 107 Å². The molecule has 0 atom stereocenters. The second-order valence-corrected chi connectivity index (χ2v) is 3.76. The Balaban J connectivity index is 2.34. The molecule has 96 valence electrons. The third kappa shape index (κ3) is 2.37. The maximum absolute atomic E-state index is 13.5. The first-order chi connectivity index (χ1) is 9.02. The number of halogens is 1. The molecule has 0 bridgehead atoms. The molecular weight excluding hydrogens is 251 g/mol. The summed E-state index contributed by atoms with van der Waals surface area (Å²) in [5.74, 6) is -2.19. The minimum Gasteiger partial charge on any atom is -0.507 e. The third-order valence-electron chi connectivity index (χ3n) is 2.40. The fourth-order valence-electron chi connectivity index (χ4n) is 1.57. The predicted octanol–water partition coefficient (Wildman–Crippen LogP) is 1.39. The zero-order valence-corrected chi connectivity index (χ0v) is 9.88. The van der Waals surface area contributed by atoms with E-state index in [1.54, 1.807) is 7.05 Å². The van der Waals surface area contributed by atoms with E-state index in [4.69, 9.17) is 5.26 Å². The SMILES string of the molecule is Cn1cc(C#N)c(NC(=O)c2c(O)cccc2F)n1. The van der Waals surface area contributed by atoms with Crippen molar-refractivity contribution >= 4 is 11.7 Å². The smallest absolute Gasteiger partial charge is 0.263 e. The zero-order valence-electron chi connectivity index (χ0n) is 9.88. The van der Waals surface area contributed by atoms with Gasteiger partial charge in [-0.05, 0) is 12.1 Å². The van der Waals surface area contributed by atoms with E-state index >= 15 is 0 Å². The van der Waals surface area contributed by atoms with Gasteiger partial charge in [-0.15, -0.1) is 0 Å². The van der Waals surface area contributed by atoms with Crippen molar-refractivity contribution < 1.29 is 14.3 Å². The summed E-state index contributed by atoms with van der Waals surface area (Å²) < 4.78 is 14.8. The number of carbonyl (C=O) groups is 1. The molecule has 1 aromatic carbocycles. The lowest BCUT2D eigenvalue weighted by Crippen LogP contribution is -2.15. The normalized spacial score (nSPS) is 9.95. The van der Waals surface area contributed by atoms with Crippen LogP contribution in [0.15, 0.2) is 24.4 Å². The van der Waals surface area contributed by atoms with Crippen LogP contribution in [-0.2, 0) is 7.05 Å². The van der Waals surface area contributed by atoms with E-state index in [2.05, 4.69) is 10.4 Å². The minimum absolute atomic E-state index is 0.0117. The molecule has 0 fully saturated rings. The number of phenols is 1. The number of carbonyl (C=O) groups excluding carboxylic acids is 1. The van der Waals surface area contributed by atoms with Gasteiger partial charge in [0, 0.05) is 13.2 Å². The molecule has 0 aliphatic carbocycles. The average Bonchev–Trinajstić information content (AvgIpc) is 2.69. The van der Waals surface area contributed by atoms with Crippen LogP contribution in [0.1, 0.15) is 15.9 Å². The highest BCUT2D eigenvalue weighted by Crippen LogP contribution is 2.21. The number of aryl methyl sites for hydroxylation is 1. The van der Waals surface area contributed by atoms with E-state index in [0.717, 1.165) is 6.07 Å². The van der Waals surface area contributed by atoms with E-state index < -0.39 is 23.0 Å². The molecule has 0 unspecified atom stereocenters. The van der Waals surface area contributed by atoms with Crippen LogP contribution in [0, 0.1) is 17.1 Å². The summed E-state index contributed by atoms with van der Waals surface area (Å²) in [4.78, 5) is 11.9. The highest BCUT2D eigenvalue weighted by Gasteiger charge is 2.19. The Bertz CT molecular complexity index is 667. The Kier molecular flexibility index (Phi) is 3.16. The van der Waals surface area contributed by atoms with Crippen LogP contribution in [0.3, 0.4) is 0 Å². The molecule has 7 heteroatoms. The summed E-state index contributed by atoms with van der Waals surface area (Å²) in [5, 5.41) is 24.5. The van der Waals surface area contributed by atoms with Crippen molar-refractivity contribution in [3.63, 3.8) is 0 Å². The molecule has 19 heavy (non-hydrogen) atoms. The molecule has 1 aromatic heterocycles. The number of nitrogens with zero attached hydrogens (tertiary/aromatic N) is 3. The van der Waals surface area contributed by atoms with Crippen LogP contribution in [0.5, 0.6) is 5.75 Å². The van der Waals surface area contributed by atoms with Crippen LogP contribution in [-0.4, -0.2) is 20.8 Å². The zero-order chi connectivity index (χ0) is 14.0. The van der Waals surface area contributed by atoms with E-state index in [0.29, 0.717) is 0 Å². The Hall–Kier alpha value is -2.88. The molecular formula is C12H9FN4O2. The molecule has 1 heterocycles. The van der Waals surface area contributed by atoms with Gasteiger partial charge in [0.05, 0.1) is 0 Å². The number of anilines is 1. The average molecular weight is 260 g/mol. The van der Waals surface area contributed by atoms with Crippen LogP contribution in [0.25, 0.3) is 0 Å². The van der Waals surface area contributed by atoms with Crippen molar-refractivity contribution in [1.82, 2.24) is 9.78 Å². The number of nitriles is 1. The van der Waals surface area contributed by atoms with E-state index in [-0.39, 0.29) is 11.4 Å². The largest absolute Gasteiger partial charge is 0.507 e. The summed E-state index contributed by atoms with van der Waals surface area (Å²) in [5.41, 5.74) is -0.344. The standard InChI is InChI=1S/C12H9FN4O2/c1-17-6-7(5-14)11(16-17)15-12(19)10-8(13)3-2-4-9(10)18/h2-4,6,18H,1H3,(H,15,16,19). The number of nitrogens with one attached hydrogen (secondary N) is 1. The number of rotatable bonds is 2. The first-order valence-corrected chi connectivity index (χ1v) is 5.25. The molecule has 0 saturated carbocycles. The maximum atomic E-state index is 13.5. The molecule has 0 spiro atoms. The Morgan fingerprint density at radius 3 is 2.95 bits per heavy atom. The lowest BCUT2D eigenvalue weighted by atomic mass is 10.1. The van der Waals surface area contributed by atoms with Crippen LogP contribution < -0.4 is 5.32 Å². The van der Waals surface area contributed by atoms with E-state index in [1.165, 1.54) is 23.0 Å². The number of aromatic nitrogens is 2. The number of phenolic OH excluding ortho intramolecular Hbond substituents is 1. The Morgan fingerprint density at radius 2 is 2.32 bits per heavy atom. The molecule has 2 aromatic rings. The Morgan fingerprint density at radius 1 is 1.58 bits per heavy atom. The molecule has 2 rings (SSSR count). The van der Waals surface area contributed by atoms with Gasteiger partial charge in [-0.1, -0.05) is 6.07 Å². The van der Waals surface area contributed by atoms with Crippen molar-refractivity contribution in [3.8, 4) is 11.8 Å². The molecule has 0 radical (unpaired) electrons. The molecule has 2 N–H and O–H groups in total. The van der Waals surface area contributed by atoms with Crippen LogP contribution >= 0.6 is 0 Å². The van der Waals surface area contributed by atoms with Crippen molar-refractivity contribution in [2.75, 3.05) is 5.32 Å². The fraction of sp³-hybridized carbons (Fsp3) is 0.0833. The summed E-state index contributed by atoms with van der Waals surface area (Å²) in [7, 11) is 1.58. The van der Waals surface area contributed by atoms with Gasteiger partial charge < -0.3 is 10.4 Å². The van der Waals surface area contributed by atoms with Gasteiger partial charge >= 0.3 is 0 Å². The highest BCUT2D eigenvalue weighted by molar-refractivity contribution is 6.06. The van der Waals surface area contributed by atoms with Gasteiger partial charge in [0.15, 0.2) is 5.82 Å². The molecule has 0 aliphatic rings. The minimum atomic E-state index is -0.870. The first-order valence-electron chi connectivity index (χ1n) is 5.25. The molecule has 6 nitrogen and oxygen atoms in total. The first kappa shape index (κ1) is 12.6. The number of hydrogen-bond acceptors (Lipinski definition) is 4. The van der Waals surface area contributed by atoms with Crippen molar-refractivity contribution in [2.24, 2.45) is 7.05 Å². The van der Waals surface area contributed by atoms with Crippen molar-refractivity contribution in [2.45, 2.75) is 0 Å². The van der Waals surface area contributed by atoms with Gasteiger partial charge in [0.25, 0.3) is 5.91 Å². The predicted molar refractivity (Wildman–Crippen MR) is 63.9 cm³/mol. The van der Waals surface area contributed by atoms with Crippen molar-refractivity contribution in [1.29, 1.82) is 5.26 Å². The van der Waals surface area contributed by atoms with Crippen molar-refractivity contribution in [3.05, 3.63) is 41.3 Å². The van der Waals surface area contributed by atoms with Crippen LogP contribution in [0.2, 0.25) is 0 Å². The van der Waals surface area contributed by atoms with Gasteiger partial charge in [-0.25, -0.2) is 4.39 Å². The number of aromatic hydroxyl groups is 1. The molecule has 0 aliphatic heterocycles. The van der Waals surface area contributed by atoms with Gasteiger partial charge in [-0.3, -0.25) is 9.48 Å². The number of amides is 1. The summed E-state index contributed by atoms with van der Waals surface area (Å²) in [6, 6.07) is 5.38. The van der Waals surface area contributed by atoms with Crippen LogP contribution in [0.4, 0.5) is 10.2 Å². The second kappa shape index (κ2) is 4.78. The molecule has 1 amide bonds. The monoisotopic (exact) mass is 260 g/mol. The van der Waals surface area contributed by atoms with Gasteiger partial charge in [-0.2, -0.15) is 10.4 Å². The summed E-state index contributed by atoms with van der Waals surface area (Å²) in [6.07, 6.45) is 1.41. The fourth-order valence-corrected chi connectivity index (χ4v) is 1.57. The number of benzene rings is 1. The lowest BCUT2D eigenvalue weighted by molar-refractivity contribution is 0.102. The summed E-state index contributed by atoms with van der Waals surface area (Å²) >= 11 is 0. The van der Waals surface area contributed by atoms with Gasteiger partial charge in [0.2, 0.25) is 0 Å². The molecule has 0 saturated heterocycles. The quantitative estimate of drug-likeness (QED) is 0.853.